The van der Waals surface area contributed by atoms with Crippen LogP contribution in [0, 0.1) is 0 Å². The second-order valence-electron chi connectivity index (χ2n) is 15.9. The minimum absolute atomic E-state index is 0.200. The van der Waals surface area contributed by atoms with Gasteiger partial charge in [-0.25, -0.2) is 0 Å². The van der Waals surface area contributed by atoms with Crippen LogP contribution in [0.4, 0.5) is 0 Å². The van der Waals surface area contributed by atoms with Crippen molar-refractivity contribution in [2.45, 2.75) is 103 Å². The molecule has 0 aliphatic carbocycles. The van der Waals surface area contributed by atoms with Crippen molar-refractivity contribution in [3.63, 3.8) is 0 Å². The summed E-state index contributed by atoms with van der Waals surface area (Å²) in [7, 11) is 0. The van der Waals surface area contributed by atoms with Crippen molar-refractivity contribution in [2.75, 3.05) is 13.2 Å². The fraction of sp³-hybridized carbons (Fsp3) is 0.333. The molecule has 4 atom stereocenters. The van der Waals surface area contributed by atoms with E-state index in [1.807, 2.05) is 86.6 Å². The third kappa shape index (κ3) is 11.5. The van der Waals surface area contributed by atoms with E-state index in [2.05, 4.69) is 113 Å². The molecule has 0 saturated carbocycles. The molecule has 0 bridgehead atoms. The molecule has 0 heterocycles. The van der Waals surface area contributed by atoms with Crippen LogP contribution in [0.25, 0.3) is 0 Å². The Kier molecular flexibility index (Phi) is 15.6. The summed E-state index contributed by atoms with van der Waals surface area (Å²) >= 11 is 0. The second-order valence-corrected chi connectivity index (χ2v) is 15.9. The lowest BCUT2D eigenvalue weighted by atomic mass is 9.70. The van der Waals surface area contributed by atoms with Crippen LogP contribution in [0.1, 0.15) is 87.8 Å². The summed E-state index contributed by atoms with van der Waals surface area (Å²) in [6.07, 6.45) is 2.74. The fourth-order valence-electron chi connectivity index (χ4n) is 7.83. The van der Waals surface area contributed by atoms with Gasteiger partial charge in [0.2, 0.25) is 0 Å². The van der Waals surface area contributed by atoms with Crippen LogP contribution < -0.4 is 9.47 Å². The zero-order chi connectivity index (χ0) is 41.5. The quantitative estimate of drug-likeness (QED) is 0.0685. The maximum Gasteiger partial charge on any atom is 0.127 e. The standard InChI is InChI=1S/C54H62O5/c1-7-53(5,45-31-27-41(28-32-45)39-55-9-3)51(37-43-19-17-25-49(35-43)57-47-21-13-11-14-22-47)59-52(54(6,8-2)46-33-29-42(30-34-46)40-56-10-4)38-44-20-18-26-50(36-44)58-48-23-15-12-16-24-48/h11-36,51-52H,7-10,37-40H2,1-6H3. The van der Waals surface area contributed by atoms with Crippen LogP contribution >= 0.6 is 0 Å². The van der Waals surface area contributed by atoms with E-state index in [1.54, 1.807) is 0 Å². The lowest BCUT2D eigenvalue weighted by Crippen LogP contribution is -2.48. The van der Waals surface area contributed by atoms with E-state index in [0.29, 0.717) is 39.3 Å². The molecule has 6 aromatic carbocycles. The molecule has 0 aromatic heterocycles. The average Bonchev–Trinajstić information content (AvgIpc) is 3.28. The summed E-state index contributed by atoms with van der Waals surface area (Å²) in [4.78, 5) is 0. The Labute approximate surface area is 353 Å². The first-order valence-electron chi connectivity index (χ1n) is 21.4. The highest BCUT2D eigenvalue weighted by molar-refractivity contribution is 5.38. The van der Waals surface area contributed by atoms with E-state index in [4.69, 9.17) is 23.7 Å². The summed E-state index contributed by atoms with van der Waals surface area (Å²) in [5, 5.41) is 0. The SMILES string of the molecule is CCOCc1ccc(C(C)(CC)C(Cc2cccc(Oc3ccccc3)c2)OC(Cc2cccc(Oc3ccccc3)c2)C(C)(CC)c2ccc(COCC)cc2)cc1. The molecule has 0 aliphatic rings. The van der Waals surface area contributed by atoms with E-state index >= 15 is 0 Å². The smallest absolute Gasteiger partial charge is 0.127 e. The molecule has 0 saturated heterocycles. The molecule has 4 unspecified atom stereocenters. The normalized spacial score (nSPS) is 14.5. The highest BCUT2D eigenvalue weighted by Gasteiger charge is 2.42. The van der Waals surface area contributed by atoms with Crippen molar-refractivity contribution in [3.05, 3.63) is 191 Å². The minimum atomic E-state index is -0.340. The van der Waals surface area contributed by atoms with Gasteiger partial charge in [-0.2, -0.15) is 0 Å². The second kappa shape index (κ2) is 21.2. The van der Waals surface area contributed by atoms with Gasteiger partial charge >= 0.3 is 0 Å². The van der Waals surface area contributed by atoms with Gasteiger partial charge in [0.25, 0.3) is 0 Å². The van der Waals surface area contributed by atoms with E-state index in [-0.39, 0.29) is 23.0 Å². The molecular formula is C54H62O5. The molecule has 0 fully saturated rings. The Morgan fingerprint density at radius 1 is 0.407 bits per heavy atom. The molecule has 6 aromatic rings. The van der Waals surface area contributed by atoms with Crippen molar-refractivity contribution in [2.24, 2.45) is 0 Å². The first kappa shape index (κ1) is 43.4. The van der Waals surface area contributed by atoms with Crippen molar-refractivity contribution in [1.29, 1.82) is 0 Å². The minimum Gasteiger partial charge on any atom is -0.457 e. The van der Waals surface area contributed by atoms with Gasteiger partial charge in [-0.1, -0.05) is 137 Å². The molecule has 5 heteroatoms. The largest absolute Gasteiger partial charge is 0.457 e. The predicted molar refractivity (Wildman–Crippen MR) is 241 cm³/mol. The first-order chi connectivity index (χ1) is 28.8. The Morgan fingerprint density at radius 2 is 0.780 bits per heavy atom. The van der Waals surface area contributed by atoms with Crippen LogP contribution in [0.2, 0.25) is 0 Å². The monoisotopic (exact) mass is 790 g/mol. The summed E-state index contributed by atoms with van der Waals surface area (Å²) in [6, 6.07) is 54.8. The fourth-order valence-corrected chi connectivity index (χ4v) is 7.83. The number of hydrogen-bond acceptors (Lipinski definition) is 5. The molecule has 6 rings (SSSR count). The summed E-state index contributed by atoms with van der Waals surface area (Å²) in [5.41, 5.74) is 6.46. The molecule has 308 valence electrons. The number of hydrogen-bond donors (Lipinski definition) is 0. The van der Waals surface area contributed by atoms with Gasteiger partial charge in [0, 0.05) is 24.0 Å². The Hall–Kier alpha value is -5.20. The average molecular weight is 791 g/mol. The lowest BCUT2D eigenvalue weighted by Gasteiger charge is -2.45. The van der Waals surface area contributed by atoms with Crippen LogP contribution in [0.3, 0.4) is 0 Å². The Morgan fingerprint density at radius 3 is 1.14 bits per heavy atom. The predicted octanol–water partition coefficient (Wildman–Crippen LogP) is 13.6. The number of rotatable bonds is 22. The lowest BCUT2D eigenvalue weighted by molar-refractivity contribution is -0.0840. The van der Waals surface area contributed by atoms with Gasteiger partial charge in [0.1, 0.15) is 23.0 Å². The third-order valence-corrected chi connectivity index (χ3v) is 12.0. The van der Waals surface area contributed by atoms with Gasteiger partial charge in [0.15, 0.2) is 0 Å². The van der Waals surface area contributed by atoms with Crippen molar-refractivity contribution in [1.82, 2.24) is 0 Å². The van der Waals surface area contributed by atoms with E-state index < -0.39 is 0 Å². The highest BCUT2D eigenvalue weighted by atomic mass is 16.5. The summed E-state index contributed by atoms with van der Waals surface area (Å²) < 4.78 is 32.1. The maximum atomic E-state index is 7.85. The molecule has 0 radical (unpaired) electrons. The Balaban J connectivity index is 1.42. The first-order valence-corrected chi connectivity index (χ1v) is 21.4. The van der Waals surface area contributed by atoms with Gasteiger partial charge in [-0.15, -0.1) is 0 Å². The molecule has 5 nitrogen and oxygen atoms in total. The molecule has 0 amide bonds. The van der Waals surface area contributed by atoms with Gasteiger partial charge < -0.3 is 23.7 Å². The van der Waals surface area contributed by atoms with Crippen molar-refractivity contribution < 1.29 is 23.7 Å². The zero-order valence-corrected chi connectivity index (χ0v) is 35.9. The Bertz CT molecular complexity index is 1980. The van der Waals surface area contributed by atoms with Crippen LogP contribution in [-0.2, 0) is 51.1 Å². The van der Waals surface area contributed by atoms with Crippen LogP contribution in [0.15, 0.2) is 158 Å². The summed E-state index contributed by atoms with van der Waals surface area (Å²) in [6.45, 7) is 16.0. The zero-order valence-electron chi connectivity index (χ0n) is 35.9. The highest BCUT2D eigenvalue weighted by Crippen LogP contribution is 2.42. The molecule has 59 heavy (non-hydrogen) atoms. The molecule has 0 aliphatic heterocycles. The van der Waals surface area contributed by atoms with Crippen LogP contribution in [0.5, 0.6) is 23.0 Å². The topological polar surface area (TPSA) is 46.2 Å². The van der Waals surface area contributed by atoms with E-state index in [1.165, 1.54) is 22.3 Å². The molecule has 0 spiro atoms. The molecular weight excluding hydrogens is 729 g/mol. The van der Waals surface area contributed by atoms with E-state index in [0.717, 1.165) is 47.0 Å². The van der Waals surface area contributed by atoms with Gasteiger partial charge in [0.05, 0.1) is 25.4 Å². The maximum absolute atomic E-state index is 7.85. The van der Waals surface area contributed by atoms with E-state index in [9.17, 15) is 0 Å². The summed E-state index contributed by atoms with van der Waals surface area (Å²) in [5.74, 6) is 3.24. The molecule has 0 N–H and O–H groups in total. The number of benzene rings is 6. The number of ether oxygens (including phenoxy) is 5. The third-order valence-electron chi connectivity index (χ3n) is 12.0. The van der Waals surface area contributed by atoms with Crippen molar-refractivity contribution in [3.8, 4) is 23.0 Å². The number of para-hydroxylation sites is 2. The van der Waals surface area contributed by atoms with Gasteiger partial charge in [-0.05, 0) is 121 Å². The van der Waals surface area contributed by atoms with Crippen molar-refractivity contribution >= 4 is 0 Å². The van der Waals surface area contributed by atoms with Crippen LogP contribution in [-0.4, -0.2) is 25.4 Å². The van der Waals surface area contributed by atoms with Gasteiger partial charge in [-0.3, -0.25) is 0 Å².